The highest BCUT2D eigenvalue weighted by Gasteiger charge is 2.21. The van der Waals surface area contributed by atoms with Crippen molar-refractivity contribution in [3.63, 3.8) is 0 Å². The van der Waals surface area contributed by atoms with Crippen LogP contribution in [0.1, 0.15) is 67.6 Å². The number of dihydropyridines is 1. The molecule has 0 radical (unpaired) electrons. The lowest BCUT2D eigenvalue weighted by molar-refractivity contribution is -0.117. The van der Waals surface area contributed by atoms with E-state index in [2.05, 4.69) is 41.5 Å². The number of hydrogen-bond acceptors (Lipinski definition) is 3. The van der Waals surface area contributed by atoms with Gasteiger partial charge in [0.25, 0.3) is 0 Å². The second kappa shape index (κ2) is 11.7. The molecule has 0 bridgehead atoms. The van der Waals surface area contributed by atoms with Crippen LogP contribution in [0.5, 0.6) is 0 Å². The van der Waals surface area contributed by atoms with Crippen LogP contribution in [0.3, 0.4) is 0 Å². The molecular weight excluding hydrogens is 432 g/mol. The Kier molecular flexibility index (Phi) is 8.15. The lowest BCUT2D eigenvalue weighted by Crippen LogP contribution is -2.30. The zero-order valence-corrected chi connectivity index (χ0v) is 20.6. The van der Waals surface area contributed by atoms with Crippen LogP contribution in [0.25, 0.3) is 17.0 Å². The molecule has 2 N–H and O–H groups in total. The molecule has 3 aromatic rings. The smallest absolute Gasteiger partial charge is 0.209 e. The molecule has 1 aromatic heterocycles. The molecule has 0 saturated heterocycles. The van der Waals surface area contributed by atoms with Crippen molar-refractivity contribution in [1.82, 2.24) is 10.3 Å². The van der Waals surface area contributed by atoms with Crippen molar-refractivity contribution in [3.8, 4) is 0 Å². The first-order valence-corrected chi connectivity index (χ1v) is 12.6. The molecule has 0 amide bonds. The highest BCUT2D eigenvalue weighted by molar-refractivity contribution is 6.10. The van der Waals surface area contributed by atoms with Crippen LogP contribution in [0.2, 0.25) is 0 Å². The summed E-state index contributed by atoms with van der Waals surface area (Å²) in [4.78, 5) is 27.6. The molecule has 2 atom stereocenters. The molecule has 2 unspecified atom stereocenters. The summed E-state index contributed by atoms with van der Waals surface area (Å²) in [5.41, 5.74) is 4.67. The molecule has 0 aliphatic carbocycles. The maximum Gasteiger partial charge on any atom is 0.209 e. The van der Waals surface area contributed by atoms with Gasteiger partial charge in [-0.15, -0.1) is 0 Å². The van der Waals surface area contributed by atoms with Gasteiger partial charge in [-0.1, -0.05) is 74.0 Å². The molecule has 0 fully saturated rings. The van der Waals surface area contributed by atoms with E-state index in [0.29, 0.717) is 23.6 Å². The van der Waals surface area contributed by atoms with Crippen molar-refractivity contribution in [2.45, 2.75) is 52.0 Å². The third kappa shape index (κ3) is 6.27. The van der Waals surface area contributed by atoms with Crippen molar-refractivity contribution in [2.75, 3.05) is 0 Å². The van der Waals surface area contributed by atoms with Crippen LogP contribution < -0.4 is 5.32 Å². The minimum Gasteiger partial charge on any atom is -0.381 e. The van der Waals surface area contributed by atoms with Crippen LogP contribution in [0.4, 0.5) is 0 Å². The average molecular weight is 467 g/mol. The standard InChI is InChI=1S/C31H34N2O2/c1-3-8-24(11-6-9-22(2)34)27-12-7-20-32-29(27)19-16-23-14-17-25(18-15-23)31(35)30-21-26-10-4-5-13-28(26)33-30/h4-5,7,10,12-21,24,29,32-33H,3,6,8-9,11H2,1-2H3/b19-16-. The van der Waals surface area contributed by atoms with Crippen LogP contribution >= 0.6 is 0 Å². The normalized spacial score (nSPS) is 16.3. The number of rotatable bonds is 11. The Morgan fingerprint density at radius 3 is 2.60 bits per heavy atom. The predicted octanol–water partition coefficient (Wildman–Crippen LogP) is 7.00. The predicted molar refractivity (Wildman–Crippen MR) is 144 cm³/mol. The zero-order valence-electron chi connectivity index (χ0n) is 20.6. The fourth-order valence-electron chi connectivity index (χ4n) is 4.80. The number of allylic oxidation sites excluding steroid dienone is 2. The van der Waals surface area contributed by atoms with E-state index in [1.54, 1.807) is 6.92 Å². The average Bonchev–Trinajstić information content (AvgIpc) is 3.31. The summed E-state index contributed by atoms with van der Waals surface area (Å²) in [7, 11) is 0. The number of aromatic nitrogens is 1. The summed E-state index contributed by atoms with van der Waals surface area (Å²) < 4.78 is 0. The SMILES string of the molecule is CCCC(CCCC(C)=O)C1=CC=CNC1/C=C\c1ccc(C(=O)c2cc3ccccc3[nH]2)cc1. The molecule has 2 heterocycles. The Hall–Kier alpha value is -3.66. The molecule has 0 spiro atoms. The Labute approximate surface area is 207 Å². The van der Waals surface area contributed by atoms with Gasteiger partial charge in [-0.05, 0) is 67.6 Å². The number of fused-ring (bicyclic) bond motifs is 1. The summed E-state index contributed by atoms with van der Waals surface area (Å²) in [6.07, 6.45) is 15.4. The van der Waals surface area contributed by atoms with Gasteiger partial charge < -0.3 is 15.1 Å². The maximum absolute atomic E-state index is 12.9. The van der Waals surface area contributed by atoms with Gasteiger partial charge in [0.2, 0.25) is 5.78 Å². The molecular formula is C31H34N2O2. The van der Waals surface area contributed by atoms with Crippen LogP contribution in [-0.2, 0) is 4.79 Å². The molecule has 35 heavy (non-hydrogen) atoms. The van der Waals surface area contributed by atoms with E-state index in [4.69, 9.17) is 0 Å². The number of benzene rings is 2. The number of carbonyl (C=O) groups is 2. The van der Waals surface area contributed by atoms with Crippen molar-refractivity contribution >= 4 is 28.5 Å². The first-order valence-electron chi connectivity index (χ1n) is 12.6. The van der Waals surface area contributed by atoms with Gasteiger partial charge in [-0.25, -0.2) is 0 Å². The zero-order chi connectivity index (χ0) is 24.6. The van der Waals surface area contributed by atoms with Gasteiger partial charge in [0.1, 0.15) is 5.78 Å². The van der Waals surface area contributed by atoms with Crippen molar-refractivity contribution in [3.05, 3.63) is 101 Å². The fourth-order valence-corrected chi connectivity index (χ4v) is 4.80. The van der Waals surface area contributed by atoms with Gasteiger partial charge in [0.05, 0.1) is 11.7 Å². The summed E-state index contributed by atoms with van der Waals surface area (Å²) in [6.45, 7) is 3.89. The third-order valence-corrected chi connectivity index (χ3v) is 6.64. The number of carbonyl (C=O) groups excluding carboxylic acids is 2. The van der Waals surface area contributed by atoms with Crippen molar-refractivity contribution in [2.24, 2.45) is 5.92 Å². The molecule has 1 aliphatic heterocycles. The first kappa shape index (κ1) is 24.5. The van der Waals surface area contributed by atoms with Gasteiger partial charge in [0, 0.05) is 22.9 Å². The Morgan fingerprint density at radius 2 is 1.86 bits per heavy atom. The van der Waals surface area contributed by atoms with E-state index < -0.39 is 0 Å². The van der Waals surface area contributed by atoms with Gasteiger partial charge in [-0.3, -0.25) is 4.79 Å². The number of para-hydroxylation sites is 1. The molecule has 4 rings (SSSR count). The molecule has 180 valence electrons. The number of aromatic amines is 1. The molecule has 0 saturated carbocycles. The fraction of sp³-hybridized carbons (Fsp3) is 0.290. The van der Waals surface area contributed by atoms with Gasteiger partial charge in [-0.2, -0.15) is 0 Å². The second-order valence-electron chi connectivity index (χ2n) is 9.33. The number of H-pyrrole nitrogens is 1. The van der Waals surface area contributed by atoms with Crippen LogP contribution in [-0.4, -0.2) is 22.6 Å². The van der Waals surface area contributed by atoms with Gasteiger partial charge in [0.15, 0.2) is 0 Å². The summed E-state index contributed by atoms with van der Waals surface area (Å²) >= 11 is 0. The highest BCUT2D eigenvalue weighted by Crippen LogP contribution is 2.28. The first-order chi connectivity index (χ1) is 17.0. The number of ketones is 2. The Balaban J connectivity index is 1.44. The Morgan fingerprint density at radius 1 is 1.06 bits per heavy atom. The summed E-state index contributed by atoms with van der Waals surface area (Å²) in [6, 6.07) is 17.7. The topological polar surface area (TPSA) is 62.0 Å². The Bertz CT molecular complexity index is 1230. The highest BCUT2D eigenvalue weighted by atomic mass is 16.1. The van der Waals surface area contributed by atoms with Crippen LogP contribution in [0, 0.1) is 5.92 Å². The molecule has 1 aliphatic rings. The largest absolute Gasteiger partial charge is 0.381 e. The van der Waals surface area contributed by atoms with E-state index in [1.807, 2.05) is 60.8 Å². The van der Waals surface area contributed by atoms with E-state index >= 15 is 0 Å². The number of nitrogens with one attached hydrogen (secondary N) is 2. The van der Waals surface area contributed by atoms with Gasteiger partial charge >= 0.3 is 0 Å². The van der Waals surface area contributed by atoms with E-state index in [9.17, 15) is 9.59 Å². The maximum atomic E-state index is 12.9. The van der Waals surface area contributed by atoms with Crippen molar-refractivity contribution in [1.29, 1.82) is 0 Å². The summed E-state index contributed by atoms with van der Waals surface area (Å²) in [5.74, 6) is 0.718. The number of Topliss-reactive ketones (excluding diaryl/α,β-unsaturated/α-hetero) is 1. The number of hydrogen-bond donors (Lipinski definition) is 2. The molecule has 2 aromatic carbocycles. The quantitative estimate of drug-likeness (QED) is 0.299. The van der Waals surface area contributed by atoms with E-state index in [0.717, 1.165) is 42.1 Å². The lowest BCUT2D eigenvalue weighted by Gasteiger charge is -2.28. The summed E-state index contributed by atoms with van der Waals surface area (Å²) in [5, 5.41) is 4.52. The van der Waals surface area contributed by atoms with Crippen LogP contribution in [0.15, 0.2) is 84.6 Å². The third-order valence-electron chi connectivity index (χ3n) is 6.64. The van der Waals surface area contributed by atoms with E-state index in [1.165, 1.54) is 5.57 Å². The lowest BCUT2D eigenvalue weighted by atomic mass is 9.83. The molecule has 4 heteroatoms. The molecule has 4 nitrogen and oxygen atoms in total. The minimum absolute atomic E-state index is 0.00555. The monoisotopic (exact) mass is 466 g/mol. The minimum atomic E-state index is -0.00555. The second-order valence-corrected chi connectivity index (χ2v) is 9.33. The van der Waals surface area contributed by atoms with Crippen molar-refractivity contribution < 1.29 is 9.59 Å². The van der Waals surface area contributed by atoms with E-state index in [-0.39, 0.29) is 17.6 Å².